The van der Waals surface area contributed by atoms with E-state index in [2.05, 4.69) is 5.32 Å². The van der Waals surface area contributed by atoms with Crippen LogP contribution in [0.1, 0.15) is 82.5 Å². The molecule has 1 fully saturated rings. The Hall–Kier alpha value is -3.00. The molecule has 1 amide bonds. The summed E-state index contributed by atoms with van der Waals surface area (Å²) in [6.45, 7) is 7.58. The maximum absolute atomic E-state index is 13.1. The maximum Gasteiger partial charge on any atom is 0.338 e. The van der Waals surface area contributed by atoms with Gasteiger partial charge in [0.2, 0.25) is 0 Å². The lowest BCUT2D eigenvalue weighted by Crippen LogP contribution is -2.40. The third kappa shape index (κ3) is 4.44. The fourth-order valence-electron chi connectivity index (χ4n) is 4.72. The van der Waals surface area contributed by atoms with Crippen molar-refractivity contribution in [3.8, 4) is 5.69 Å². The molecule has 2 aliphatic heterocycles. The number of hydrogen-bond acceptors (Lipinski definition) is 6. The number of ketones is 1. The highest BCUT2D eigenvalue weighted by Gasteiger charge is 2.40. The number of rotatable bonds is 6. The summed E-state index contributed by atoms with van der Waals surface area (Å²) >= 11 is 0. The van der Waals surface area contributed by atoms with Crippen LogP contribution in [0.3, 0.4) is 0 Å². The van der Waals surface area contributed by atoms with Crippen LogP contribution in [-0.4, -0.2) is 53.8 Å². The first kappa shape index (κ1) is 23.2. The van der Waals surface area contributed by atoms with Crippen LogP contribution in [-0.2, 0) is 22.3 Å². The van der Waals surface area contributed by atoms with E-state index in [4.69, 9.17) is 14.6 Å². The molecule has 2 aromatic rings. The lowest BCUT2D eigenvalue weighted by atomic mass is 9.76. The van der Waals surface area contributed by atoms with E-state index in [1.165, 1.54) is 6.92 Å². The molecule has 2 aliphatic rings. The molecule has 1 aromatic heterocycles. The predicted octanol–water partition coefficient (Wildman–Crippen LogP) is 3.29. The highest BCUT2D eigenvalue weighted by molar-refractivity contribution is 6.01. The third-order valence-corrected chi connectivity index (χ3v) is 6.61. The van der Waals surface area contributed by atoms with Crippen LogP contribution < -0.4 is 5.32 Å². The van der Waals surface area contributed by atoms with Gasteiger partial charge in [0.05, 0.1) is 34.8 Å². The Morgan fingerprint density at radius 2 is 2.00 bits per heavy atom. The molecule has 0 radical (unpaired) electrons. The number of aryl methyl sites for hydroxylation is 1. The molecule has 0 atom stereocenters. The molecule has 1 aromatic carbocycles. The van der Waals surface area contributed by atoms with Gasteiger partial charge in [0, 0.05) is 25.3 Å². The SMILES string of the molecule is CCCOC(=O)c1ccc(C(C)=O)c(-n2nc(CC)c3c2CC2(CCOCC2)CNC3=O)c1. The molecule has 0 aliphatic carbocycles. The Bertz CT molecular complexity index is 1080. The number of fused-ring (bicyclic) bond motifs is 1. The lowest BCUT2D eigenvalue weighted by Gasteiger charge is -2.36. The summed E-state index contributed by atoms with van der Waals surface area (Å²) in [5, 5.41) is 7.88. The molecular formula is C25H31N3O5. The number of carbonyl (C=O) groups is 3. The van der Waals surface area contributed by atoms with E-state index in [9.17, 15) is 14.4 Å². The number of ether oxygens (including phenoxy) is 2. The highest BCUT2D eigenvalue weighted by atomic mass is 16.5. The summed E-state index contributed by atoms with van der Waals surface area (Å²) in [5.41, 5.74) is 3.21. The van der Waals surface area contributed by atoms with Crippen LogP contribution in [0.5, 0.6) is 0 Å². The molecule has 1 saturated heterocycles. The summed E-state index contributed by atoms with van der Waals surface area (Å²) in [6.07, 6.45) is 3.61. The van der Waals surface area contributed by atoms with Crippen molar-refractivity contribution >= 4 is 17.7 Å². The largest absolute Gasteiger partial charge is 0.462 e. The molecular weight excluding hydrogens is 422 g/mol. The molecule has 0 unspecified atom stereocenters. The van der Waals surface area contributed by atoms with E-state index in [0.717, 1.165) is 25.0 Å². The Morgan fingerprint density at radius 3 is 2.67 bits per heavy atom. The van der Waals surface area contributed by atoms with Crippen molar-refractivity contribution in [2.45, 2.75) is 52.9 Å². The monoisotopic (exact) mass is 453 g/mol. The summed E-state index contributed by atoms with van der Waals surface area (Å²) in [4.78, 5) is 38.2. The first-order valence-corrected chi connectivity index (χ1v) is 11.7. The number of benzene rings is 1. The topological polar surface area (TPSA) is 99.5 Å². The van der Waals surface area contributed by atoms with Crippen LogP contribution in [0.15, 0.2) is 18.2 Å². The van der Waals surface area contributed by atoms with Crippen molar-refractivity contribution in [3.63, 3.8) is 0 Å². The van der Waals surface area contributed by atoms with Gasteiger partial charge in [-0.05, 0) is 62.6 Å². The average molecular weight is 454 g/mol. The first-order valence-electron chi connectivity index (χ1n) is 11.7. The number of Topliss-reactive ketones (excluding diaryl/α,β-unsaturated/α-hetero) is 1. The van der Waals surface area contributed by atoms with Gasteiger partial charge in [-0.2, -0.15) is 5.10 Å². The number of amides is 1. The molecule has 33 heavy (non-hydrogen) atoms. The van der Waals surface area contributed by atoms with Gasteiger partial charge in [0.1, 0.15) is 0 Å². The summed E-state index contributed by atoms with van der Waals surface area (Å²) in [5.74, 6) is -0.722. The molecule has 0 saturated carbocycles. The number of carbonyl (C=O) groups excluding carboxylic acids is 3. The van der Waals surface area contributed by atoms with E-state index in [1.54, 1.807) is 22.9 Å². The van der Waals surface area contributed by atoms with Gasteiger partial charge in [-0.3, -0.25) is 9.59 Å². The van der Waals surface area contributed by atoms with E-state index in [-0.39, 0.29) is 17.1 Å². The Labute approximate surface area is 193 Å². The number of nitrogens with one attached hydrogen (secondary N) is 1. The lowest BCUT2D eigenvalue weighted by molar-refractivity contribution is 0.0155. The second kappa shape index (κ2) is 9.47. The van der Waals surface area contributed by atoms with Gasteiger partial charge in [-0.1, -0.05) is 13.8 Å². The normalized spacial score (nSPS) is 17.2. The molecule has 8 heteroatoms. The first-order chi connectivity index (χ1) is 15.9. The van der Waals surface area contributed by atoms with Gasteiger partial charge >= 0.3 is 5.97 Å². The average Bonchev–Trinajstić information content (AvgIpc) is 3.12. The Balaban J connectivity index is 1.88. The van der Waals surface area contributed by atoms with Crippen molar-refractivity contribution in [1.82, 2.24) is 15.1 Å². The predicted molar refractivity (Wildman–Crippen MR) is 122 cm³/mol. The quantitative estimate of drug-likeness (QED) is 0.532. The van der Waals surface area contributed by atoms with Gasteiger partial charge in [-0.15, -0.1) is 0 Å². The van der Waals surface area contributed by atoms with Crippen molar-refractivity contribution in [1.29, 1.82) is 0 Å². The smallest absolute Gasteiger partial charge is 0.338 e. The minimum absolute atomic E-state index is 0.129. The Kier molecular flexibility index (Phi) is 6.65. The molecule has 176 valence electrons. The third-order valence-electron chi connectivity index (χ3n) is 6.61. The van der Waals surface area contributed by atoms with Gasteiger partial charge < -0.3 is 14.8 Å². The van der Waals surface area contributed by atoms with Crippen LogP contribution >= 0.6 is 0 Å². The highest BCUT2D eigenvalue weighted by Crippen LogP contribution is 2.38. The standard InChI is InChI=1S/C25H31N3O5/c1-4-10-33-24(31)17-6-7-18(16(3)29)20(13-17)28-21-14-25(8-11-32-12-9-25)15-26-23(30)22(21)19(5-2)27-28/h6-7,13H,4-5,8-12,14-15H2,1-3H3,(H,26,30). The minimum atomic E-state index is -0.444. The molecule has 1 N–H and O–H groups in total. The maximum atomic E-state index is 13.1. The molecule has 4 rings (SSSR count). The van der Waals surface area contributed by atoms with Gasteiger partial charge in [0.15, 0.2) is 5.78 Å². The summed E-state index contributed by atoms with van der Waals surface area (Å²) in [6, 6.07) is 4.90. The second-order valence-corrected chi connectivity index (χ2v) is 8.93. The van der Waals surface area contributed by atoms with Crippen molar-refractivity contribution in [2.75, 3.05) is 26.4 Å². The van der Waals surface area contributed by atoms with Crippen molar-refractivity contribution in [2.24, 2.45) is 5.41 Å². The fourth-order valence-corrected chi connectivity index (χ4v) is 4.72. The van der Waals surface area contributed by atoms with Crippen LogP contribution in [0.25, 0.3) is 5.69 Å². The second-order valence-electron chi connectivity index (χ2n) is 8.93. The van der Waals surface area contributed by atoms with Crippen molar-refractivity contribution in [3.05, 3.63) is 46.3 Å². The molecule has 1 spiro atoms. The van der Waals surface area contributed by atoms with E-state index in [0.29, 0.717) is 67.3 Å². The summed E-state index contributed by atoms with van der Waals surface area (Å²) in [7, 11) is 0. The van der Waals surface area contributed by atoms with Crippen LogP contribution in [0, 0.1) is 5.41 Å². The number of nitrogens with zero attached hydrogens (tertiary/aromatic N) is 2. The number of esters is 1. The fraction of sp³-hybridized carbons (Fsp3) is 0.520. The van der Waals surface area contributed by atoms with Crippen LogP contribution in [0.4, 0.5) is 0 Å². The van der Waals surface area contributed by atoms with E-state index in [1.807, 2.05) is 13.8 Å². The zero-order valence-corrected chi connectivity index (χ0v) is 19.5. The van der Waals surface area contributed by atoms with Gasteiger partial charge in [-0.25, -0.2) is 9.48 Å². The van der Waals surface area contributed by atoms with E-state index < -0.39 is 5.97 Å². The minimum Gasteiger partial charge on any atom is -0.462 e. The zero-order valence-electron chi connectivity index (χ0n) is 19.5. The molecule has 0 bridgehead atoms. The van der Waals surface area contributed by atoms with E-state index >= 15 is 0 Å². The number of hydrogen-bond donors (Lipinski definition) is 1. The molecule has 8 nitrogen and oxygen atoms in total. The molecule has 3 heterocycles. The number of aromatic nitrogens is 2. The van der Waals surface area contributed by atoms with Gasteiger partial charge in [0.25, 0.3) is 5.91 Å². The van der Waals surface area contributed by atoms with Crippen LogP contribution in [0.2, 0.25) is 0 Å². The van der Waals surface area contributed by atoms with Crippen molar-refractivity contribution < 1.29 is 23.9 Å². The Morgan fingerprint density at radius 1 is 1.24 bits per heavy atom. The summed E-state index contributed by atoms with van der Waals surface area (Å²) < 4.78 is 12.6. The zero-order chi connectivity index (χ0) is 23.6.